The normalized spacial score (nSPS) is 10.2. The lowest BCUT2D eigenvalue weighted by Gasteiger charge is -2.09. The lowest BCUT2D eigenvalue weighted by Crippen LogP contribution is -2.20. The molecule has 0 aromatic heterocycles. The summed E-state index contributed by atoms with van der Waals surface area (Å²) in [5, 5.41) is 4.54. The first-order valence-electron chi connectivity index (χ1n) is 6.45. The Morgan fingerprint density at radius 1 is 1.00 bits per heavy atom. The molecular formula is C15H13F3N2O2. The highest BCUT2D eigenvalue weighted by atomic mass is 19.2. The van der Waals surface area contributed by atoms with Gasteiger partial charge in [-0.1, -0.05) is 0 Å². The number of halogens is 3. The largest absolute Gasteiger partial charge is 0.494 e. The fourth-order valence-corrected chi connectivity index (χ4v) is 1.71. The van der Waals surface area contributed by atoms with Crippen LogP contribution >= 0.6 is 0 Å². The van der Waals surface area contributed by atoms with Crippen LogP contribution in [0.15, 0.2) is 36.4 Å². The van der Waals surface area contributed by atoms with Crippen LogP contribution in [0.3, 0.4) is 0 Å². The number of hydrogen-bond acceptors (Lipinski definition) is 2. The average Bonchev–Trinajstić information content (AvgIpc) is 2.50. The molecule has 0 bridgehead atoms. The Morgan fingerprint density at radius 2 is 1.68 bits per heavy atom. The second-order valence-electron chi connectivity index (χ2n) is 4.26. The zero-order valence-electron chi connectivity index (χ0n) is 11.6. The van der Waals surface area contributed by atoms with E-state index < -0.39 is 29.2 Å². The van der Waals surface area contributed by atoms with Gasteiger partial charge in [0.25, 0.3) is 0 Å². The number of anilines is 2. The van der Waals surface area contributed by atoms with Crippen molar-refractivity contribution in [1.29, 1.82) is 0 Å². The molecule has 2 aromatic rings. The minimum atomic E-state index is -1.64. The zero-order valence-corrected chi connectivity index (χ0v) is 11.6. The van der Waals surface area contributed by atoms with E-state index in [1.165, 1.54) is 0 Å². The van der Waals surface area contributed by atoms with Crippen molar-refractivity contribution >= 4 is 17.4 Å². The summed E-state index contributed by atoms with van der Waals surface area (Å²) in [7, 11) is 0. The monoisotopic (exact) mass is 310 g/mol. The van der Waals surface area contributed by atoms with E-state index in [0.29, 0.717) is 18.0 Å². The van der Waals surface area contributed by atoms with Crippen molar-refractivity contribution in [3.8, 4) is 5.75 Å². The van der Waals surface area contributed by atoms with E-state index in [0.717, 1.165) is 12.1 Å². The van der Waals surface area contributed by atoms with Crippen LogP contribution in [0.2, 0.25) is 0 Å². The van der Waals surface area contributed by atoms with Crippen LogP contribution in [0.25, 0.3) is 0 Å². The van der Waals surface area contributed by atoms with Gasteiger partial charge in [0.1, 0.15) is 5.75 Å². The first-order chi connectivity index (χ1) is 10.5. The van der Waals surface area contributed by atoms with E-state index in [-0.39, 0.29) is 0 Å². The van der Waals surface area contributed by atoms with E-state index in [2.05, 4.69) is 10.6 Å². The van der Waals surface area contributed by atoms with Crippen molar-refractivity contribution in [2.45, 2.75) is 6.92 Å². The van der Waals surface area contributed by atoms with Crippen molar-refractivity contribution < 1.29 is 22.7 Å². The minimum Gasteiger partial charge on any atom is -0.494 e. The second kappa shape index (κ2) is 6.84. The summed E-state index contributed by atoms with van der Waals surface area (Å²) in [6.45, 7) is 2.36. The Balaban J connectivity index is 2.02. The molecule has 0 aliphatic carbocycles. The van der Waals surface area contributed by atoms with Gasteiger partial charge in [0.15, 0.2) is 17.5 Å². The number of carbonyl (C=O) groups excluding carboxylic acids is 1. The fraction of sp³-hybridized carbons (Fsp3) is 0.133. The first kappa shape index (κ1) is 15.7. The molecule has 2 rings (SSSR count). The van der Waals surface area contributed by atoms with Gasteiger partial charge in [-0.3, -0.25) is 0 Å². The van der Waals surface area contributed by atoms with Gasteiger partial charge in [-0.25, -0.2) is 18.0 Å². The number of benzene rings is 2. The third kappa shape index (κ3) is 3.69. The Kier molecular flexibility index (Phi) is 4.88. The molecule has 0 unspecified atom stereocenters. The Labute approximate surface area is 124 Å². The maximum absolute atomic E-state index is 13.4. The van der Waals surface area contributed by atoms with Gasteiger partial charge in [-0.05, 0) is 43.3 Å². The van der Waals surface area contributed by atoms with Crippen molar-refractivity contribution in [2.24, 2.45) is 0 Å². The molecule has 4 nitrogen and oxygen atoms in total. The molecule has 7 heteroatoms. The summed E-state index contributed by atoms with van der Waals surface area (Å²) in [6, 6.07) is 7.36. The number of rotatable bonds is 4. The highest BCUT2D eigenvalue weighted by molar-refractivity contribution is 5.99. The Hall–Kier alpha value is -2.70. The molecule has 0 aliphatic heterocycles. The lowest BCUT2D eigenvalue weighted by molar-refractivity contribution is 0.262. The molecule has 0 atom stereocenters. The van der Waals surface area contributed by atoms with Crippen molar-refractivity contribution in [2.75, 3.05) is 17.2 Å². The minimum absolute atomic E-state index is 0.434. The number of urea groups is 1. The van der Waals surface area contributed by atoms with Gasteiger partial charge in [0.05, 0.1) is 12.3 Å². The van der Waals surface area contributed by atoms with Crippen LogP contribution in [0.5, 0.6) is 5.75 Å². The highest BCUT2D eigenvalue weighted by Crippen LogP contribution is 2.20. The molecular weight excluding hydrogens is 297 g/mol. The number of nitrogens with one attached hydrogen (secondary N) is 2. The van der Waals surface area contributed by atoms with Crippen LogP contribution in [0.1, 0.15) is 6.92 Å². The van der Waals surface area contributed by atoms with Gasteiger partial charge in [-0.2, -0.15) is 0 Å². The van der Waals surface area contributed by atoms with Gasteiger partial charge < -0.3 is 15.4 Å². The molecule has 0 heterocycles. The number of ether oxygens (including phenoxy) is 1. The molecule has 2 N–H and O–H groups in total. The maximum atomic E-state index is 13.4. The van der Waals surface area contributed by atoms with E-state index in [9.17, 15) is 18.0 Å². The topological polar surface area (TPSA) is 50.4 Å². The van der Waals surface area contributed by atoms with Gasteiger partial charge >= 0.3 is 6.03 Å². The second-order valence-corrected chi connectivity index (χ2v) is 4.26. The maximum Gasteiger partial charge on any atom is 0.323 e. The third-order valence-corrected chi connectivity index (χ3v) is 2.71. The van der Waals surface area contributed by atoms with E-state index in [4.69, 9.17) is 4.74 Å². The van der Waals surface area contributed by atoms with Gasteiger partial charge in [0, 0.05) is 5.69 Å². The number of carbonyl (C=O) groups is 1. The third-order valence-electron chi connectivity index (χ3n) is 2.71. The van der Waals surface area contributed by atoms with Crippen LogP contribution in [0.4, 0.5) is 29.3 Å². The molecule has 0 radical (unpaired) electrons. The lowest BCUT2D eigenvalue weighted by atomic mass is 10.3. The zero-order chi connectivity index (χ0) is 16.1. The summed E-state index contributed by atoms with van der Waals surface area (Å²) >= 11 is 0. The van der Waals surface area contributed by atoms with E-state index in [1.807, 2.05) is 6.92 Å². The van der Waals surface area contributed by atoms with Crippen LogP contribution in [-0.4, -0.2) is 12.6 Å². The smallest absolute Gasteiger partial charge is 0.323 e. The van der Waals surface area contributed by atoms with Crippen LogP contribution in [-0.2, 0) is 0 Å². The quantitative estimate of drug-likeness (QED) is 0.834. The predicted molar refractivity (Wildman–Crippen MR) is 76.6 cm³/mol. The molecule has 22 heavy (non-hydrogen) atoms. The van der Waals surface area contributed by atoms with Crippen molar-refractivity contribution in [3.05, 3.63) is 53.8 Å². The molecule has 0 saturated carbocycles. The molecule has 2 aromatic carbocycles. The summed E-state index contributed by atoms with van der Waals surface area (Å²) < 4.78 is 44.5. The molecule has 0 spiro atoms. The van der Waals surface area contributed by atoms with E-state index >= 15 is 0 Å². The fourth-order valence-electron chi connectivity index (χ4n) is 1.71. The average molecular weight is 310 g/mol. The SMILES string of the molecule is CCOc1ccc(NC(=O)Nc2ccc(F)c(F)c2F)cc1. The summed E-state index contributed by atoms with van der Waals surface area (Å²) in [4.78, 5) is 11.7. The summed E-state index contributed by atoms with van der Waals surface area (Å²) in [6.07, 6.45) is 0. The molecule has 0 saturated heterocycles. The van der Waals surface area contributed by atoms with Crippen molar-refractivity contribution in [3.63, 3.8) is 0 Å². The Morgan fingerprint density at radius 3 is 2.32 bits per heavy atom. The molecule has 116 valence electrons. The standard InChI is InChI=1S/C15H13F3N2O2/c1-2-22-10-5-3-9(4-6-10)19-15(21)20-12-8-7-11(16)13(17)14(12)18/h3-8H,2H2,1H3,(H2,19,20,21). The van der Waals surface area contributed by atoms with Gasteiger partial charge in [-0.15, -0.1) is 0 Å². The van der Waals surface area contributed by atoms with E-state index in [1.54, 1.807) is 24.3 Å². The molecule has 0 fully saturated rings. The summed E-state index contributed by atoms with van der Waals surface area (Å²) in [5.74, 6) is -3.78. The summed E-state index contributed by atoms with van der Waals surface area (Å²) in [5.41, 5.74) is -0.0220. The predicted octanol–water partition coefficient (Wildman–Crippen LogP) is 4.15. The Bertz CT molecular complexity index is 675. The molecule has 0 aliphatic rings. The van der Waals surface area contributed by atoms with Crippen molar-refractivity contribution in [1.82, 2.24) is 0 Å². The van der Waals surface area contributed by atoms with Crippen LogP contribution in [0, 0.1) is 17.5 Å². The molecule has 2 amide bonds. The van der Waals surface area contributed by atoms with Gasteiger partial charge in [0.2, 0.25) is 0 Å². The number of amides is 2. The number of hydrogen-bond donors (Lipinski definition) is 2. The highest BCUT2D eigenvalue weighted by Gasteiger charge is 2.15. The first-order valence-corrected chi connectivity index (χ1v) is 6.45. The van der Waals surface area contributed by atoms with Crippen LogP contribution < -0.4 is 15.4 Å².